The van der Waals surface area contributed by atoms with Crippen LogP contribution in [-0.4, -0.2) is 20.3 Å². The summed E-state index contributed by atoms with van der Waals surface area (Å²) in [5.41, 5.74) is 2.19. The summed E-state index contributed by atoms with van der Waals surface area (Å²) in [7, 11) is 1.66. The number of anilines is 1. The van der Waals surface area contributed by atoms with Gasteiger partial charge in [-0.2, -0.15) is 0 Å². The Bertz CT molecular complexity index is 581. The van der Waals surface area contributed by atoms with Crippen molar-refractivity contribution in [1.82, 2.24) is 0 Å². The van der Waals surface area contributed by atoms with E-state index in [1.807, 2.05) is 56.3 Å². The summed E-state index contributed by atoms with van der Waals surface area (Å²) in [6.45, 7) is 5.91. The third kappa shape index (κ3) is 4.32. The van der Waals surface area contributed by atoms with Gasteiger partial charge < -0.3 is 19.5 Å². The zero-order chi connectivity index (χ0) is 15.8. The number of ether oxygens (including phenoxy) is 3. The van der Waals surface area contributed by atoms with Gasteiger partial charge in [-0.05, 0) is 55.8 Å². The van der Waals surface area contributed by atoms with Crippen molar-refractivity contribution in [2.75, 3.05) is 25.6 Å². The standard InChI is InChI=1S/C18H23NO3/c1-4-21-17-11-6-14(12-18(17)22-5-2)13-19-15-7-9-16(20-3)10-8-15/h6-12,19H,4-5,13H2,1-3H3. The van der Waals surface area contributed by atoms with Crippen LogP contribution in [0.5, 0.6) is 17.2 Å². The molecule has 0 spiro atoms. The van der Waals surface area contributed by atoms with Gasteiger partial charge in [-0.25, -0.2) is 0 Å². The second kappa shape index (κ2) is 8.17. The van der Waals surface area contributed by atoms with E-state index in [0.717, 1.165) is 35.0 Å². The minimum absolute atomic E-state index is 0.620. The van der Waals surface area contributed by atoms with E-state index in [1.54, 1.807) is 7.11 Å². The maximum atomic E-state index is 5.64. The zero-order valence-corrected chi connectivity index (χ0v) is 13.4. The first-order chi connectivity index (χ1) is 10.8. The number of hydrogen-bond donors (Lipinski definition) is 1. The van der Waals surface area contributed by atoms with Gasteiger partial charge in [0.25, 0.3) is 0 Å². The van der Waals surface area contributed by atoms with Crippen molar-refractivity contribution in [3.63, 3.8) is 0 Å². The second-order valence-electron chi connectivity index (χ2n) is 4.73. The molecule has 0 saturated heterocycles. The van der Waals surface area contributed by atoms with E-state index >= 15 is 0 Å². The van der Waals surface area contributed by atoms with Gasteiger partial charge in [0.15, 0.2) is 11.5 Å². The molecule has 1 N–H and O–H groups in total. The zero-order valence-electron chi connectivity index (χ0n) is 13.4. The van der Waals surface area contributed by atoms with E-state index in [4.69, 9.17) is 14.2 Å². The Morgan fingerprint density at radius 2 is 1.55 bits per heavy atom. The Balaban J connectivity index is 2.03. The van der Waals surface area contributed by atoms with Crippen molar-refractivity contribution in [3.8, 4) is 17.2 Å². The van der Waals surface area contributed by atoms with Crippen molar-refractivity contribution in [3.05, 3.63) is 48.0 Å². The molecule has 4 nitrogen and oxygen atoms in total. The third-order valence-corrected chi connectivity index (χ3v) is 3.19. The number of methoxy groups -OCH3 is 1. The maximum Gasteiger partial charge on any atom is 0.161 e. The summed E-state index contributed by atoms with van der Waals surface area (Å²) in [6, 6.07) is 13.9. The van der Waals surface area contributed by atoms with Gasteiger partial charge in [-0.3, -0.25) is 0 Å². The molecule has 0 aliphatic heterocycles. The lowest BCUT2D eigenvalue weighted by molar-refractivity contribution is 0.287. The molecule has 0 unspecified atom stereocenters. The topological polar surface area (TPSA) is 39.7 Å². The molecule has 0 aliphatic rings. The summed E-state index contributed by atoms with van der Waals surface area (Å²) >= 11 is 0. The maximum absolute atomic E-state index is 5.64. The van der Waals surface area contributed by atoms with Crippen molar-refractivity contribution in [1.29, 1.82) is 0 Å². The Labute approximate surface area is 132 Å². The average molecular weight is 301 g/mol. The van der Waals surface area contributed by atoms with Crippen LogP contribution in [0.25, 0.3) is 0 Å². The summed E-state index contributed by atoms with van der Waals surface area (Å²) in [5.74, 6) is 2.43. The molecule has 0 aliphatic carbocycles. The lowest BCUT2D eigenvalue weighted by atomic mass is 10.2. The van der Waals surface area contributed by atoms with Gasteiger partial charge in [-0.1, -0.05) is 6.07 Å². The molecule has 0 aromatic heterocycles. The quantitative estimate of drug-likeness (QED) is 0.796. The fourth-order valence-corrected chi connectivity index (χ4v) is 2.12. The van der Waals surface area contributed by atoms with Crippen LogP contribution in [0.4, 0.5) is 5.69 Å². The van der Waals surface area contributed by atoms with Crippen LogP contribution in [0.2, 0.25) is 0 Å². The normalized spacial score (nSPS) is 10.1. The van der Waals surface area contributed by atoms with Gasteiger partial charge in [0.05, 0.1) is 20.3 Å². The fraction of sp³-hybridized carbons (Fsp3) is 0.333. The Hall–Kier alpha value is -2.36. The smallest absolute Gasteiger partial charge is 0.161 e. The van der Waals surface area contributed by atoms with E-state index in [0.29, 0.717) is 13.2 Å². The van der Waals surface area contributed by atoms with E-state index in [-0.39, 0.29) is 0 Å². The monoisotopic (exact) mass is 301 g/mol. The predicted molar refractivity (Wildman–Crippen MR) is 89.1 cm³/mol. The average Bonchev–Trinajstić information content (AvgIpc) is 2.56. The van der Waals surface area contributed by atoms with Crippen LogP contribution >= 0.6 is 0 Å². The van der Waals surface area contributed by atoms with Crippen LogP contribution in [0.15, 0.2) is 42.5 Å². The van der Waals surface area contributed by atoms with E-state index < -0.39 is 0 Å². The van der Waals surface area contributed by atoms with Crippen LogP contribution in [0.1, 0.15) is 19.4 Å². The van der Waals surface area contributed by atoms with Crippen LogP contribution < -0.4 is 19.5 Å². The molecule has 0 heterocycles. The predicted octanol–water partition coefficient (Wildman–Crippen LogP) is 4.10. The number of rotatable bonds is 8. The summed E-state index contributed by atoms with van der Waals surface area (Å²) < 4.78 is 16.4. The molecular weight excluding hydrogens is 278 g/mol. The Kier molecular flexibility index (Phi) is 5.95. The molecule has 0 fully saturated rings. The first-order valence-electron chi connectivity index (χ1n) is 7.53. The van der Waals surface area contributed by atoms with Crippen LogP contribution in [-0.2, 0) is 6.54 Å². The summed E-state index contributed by atoms with van der Waals surface area (Å²) in [5, 5.41) is 3.38. The highest BCUT2D eigenvalue weighted by atomic mass is 16.5. The third-order valence-electron chi connectivity index (χ3n) is 3.19. The van der Waals surface area contributed by atoms with E-state index in [1.165, 1.54) is 0 Å². The molecule has 2 aromatic rings. The van der Waals surface area contributed by atoms with E-state index in [2.05, 4.69) is 5.32 Å². The molecule has 2 aromatic carbocycles. The molecule has 0 saturated carbocycles. The summed E-state index contributed by atoms with van der Waals surface area (Å²) in [4.78, 5) is 0. The lowest BCUT2D eigenvalue weighted by Crippen LogP contribution is -2.02. The van der Waals surface area contributed by atoms with Crippen molar-refractivity contribution >= 4 is 5.69 Å². The molecule has 0 amide bonds. The fourth-order valence-electron chi connectivity index (χ4n) is 2.12. The van der Waals surface area contributed by atoms with Gasteiger partial charge in [0.2, 0.25) is 0 Å². The minimum Gasteiger partial charge on any atom is -0.497 e. The van der Waals surface area contributed by atoms with Gasteiger partial charge in [0, 0.05) is 12.2 Å². The first kappa shape index (κ1) is 16.0. The number of hydrogen-bond acceptors (Lipinski definition) is 4. The van der Waals surface area contributed by atoms with Gasteiger partial charge in [-0.15, -0.1) is 0 Å². The molecule has 22 heavy (non-hydrogen) atoms. The Morgan fingerprint density at radius 3 is 2.18 bits per heavy atom. The highest BCUT2D eigenvalue weighted by Gasteiger charge is 2.06. The SMILES string of the molecule is CCOc1ccc(CNc2ccc(OC)cc2)cc1OCC. The van der Waals surface area contributed by atoms with E-state index in [9.17, 15) is 0 Å². The second-order valence-corrected chi connectivity index (χ2v) is 4.73. The number of benzene rings is 2. The summed E-state index contributed by atoms with van der Waals surface area (Å²) in [6.07, 6.45) is 0. The first-order valence-corrected chi connectivity index (χ1v) is 7.53. The molecule has 2 rings (SSSR count). The highest BCUT2D eigenvalue weighted by molar-refractivity contribution is 5.48. The molecule has 0 bridgehead atoms. The largest absolute Gasteiger partial charge is 0.497 e. The number of nitrogens with one attached hydrogen (secondary N) is 1. The van der Waals surface area contributed by atoms with Crippen molar-refractivity contribution < 1.29 is 14.2 Å². The van der Waals surface area contributed by atoms with Gasteiger partial charge in [0.1, 0.15) is 5.75 Å². The molecule has 0 atom stereocenters. The van der Waals surface area contributed by atoms with Crippen LogP contribution in [0.3, 0.4) is 0 Å². The molecule has 4 heteroatoms. The highest BCUT2D eigenvalue weighted by Crippen LogP contribution is 2.29. The molecule has 0 radical (unpaired) electrons. The van der Waals surface area contributed by atoms with Crippen molar-refractivity contribution in [2.45, 2.75) is 20.4 Å². The van der Waals surface area contributed by atoms with Gasteiger partial charge >= 0.3 is 0 Å². The van der Waals surface area contributed by atoms with Crippen molar-refractivity contribution in [2.24, 2.45) is 0 Å². The minimum atomic E-state index is 0.620. The molecular formula is C18H23NO3. The Morgan fingerprint density at radius 1 is 0.864 bits per heavy atom. The lowest BCUT2D eigenvalue weighted by Gasteiger charge is -2.13. The van der Waals surface area contributed by atoms with Crippen LogP contribution in [0, 0.1) is 0 Å². The molecule has 118 valence electrons.